The van der Waals surface area contributed by atoms with Gasteiger partial charge in [-0.2, -0.15) is 13.2 Å². The highest BCUT2D eigenvalue weighted by molar-refractivity contribution is 5.72. The molecule has 0 N–H and O–H groups in total. The minimum absolute atomic E-state index is 0.0199. The number of hydrogen-bond donors (Lipinski definition) is 0. The predicted octanol–water partition coefficient (Wildman–Crippen LogP) is 6.07. The summed E-state index contributed by atoms with van der Waals surface area (Å²) in [7, 11) is 1.28. The summed E-state index contributed by atoms with van der Waals surface area (Å²) in [5, 5.41) is 0. The Labute approximate surface area is 288 Å². The third kappa shape index (κ3) is 7.22. The minimum Gasteiger partial charge on any atom is -0.481 e. The Morgan fingerprint density at radius 3 is 2.38 bits per heavy atom. The van der Waals surface area contributed by atoms with Gasteiger partial charge in [-0.15, -0.1) is 0 Å². The number of rotatable bonds is 6. The molecule has 50 heavy (non-hydrogen) atoms. The number of hydrogen-bond acceptors (Lipinski definition) is 10. The molecule has 268 valence electrons. The molecule has 2 amide bonds. The van der Waals surface area contributed by atoms with Crippen LogP contribution in [0.1, 0.15) is 57.5 Å². The van der Waals surface area contributed by atoms with Crippen molar-refractivity contribution in [3.63, 3.8) is 0 Å². The fourth-order valence-corrected chi connectivity index (χ4v) is 6.73. The highest BCUT2D eigenvalue weighted by atomic mass is 19.4. The lowest BCUT2D eigenvalue weighted by molar-refractivity contribution is -0.140. The number of pyridine rings is 3. The zero-order chi connectivity index (χ0) is 35.8. The number of carbonyl (C=O) groups excluding carboxylic acids is 2. The quantitative estimate of drug-likeness (QED) is 0.300. The first-order chi connectivity index (χ1) is 23.7. The third-order valence-electron chi connectivity index (χ3n) is 9.12. The highest BCUT2D eigenvalue weighted by Gasteiger charge is 2.47. The summed E-state index contributed by atoms with van der Waals surface area (Å²) >= 11 is 0. The zero-order valence-corrected chi connectivity index (χ0v) is 28.7. The van der Waals surface area contributed by atoms with Crippen LogP contribution in [0.4, 0.5) is 28.4 Å². The van der Waals surface area contributed by atoms with E-state index in [-0.39, 0.29) is 44.3 Å². The number of piperidine rings is 1. The summed E-state index contributed by atoms with van der Waals surface area (Å²) < 4.78 is 64.2. The van der Waals surface area contributed by atoms with Crippen molar-refractivity contribution in [3.05, 3.63) is 59.5 Å². The summed E-state index contributed by atoms with van der Waals surface area (Å²) in [6.07, 6.45) is -3.66. The summed E-state index contributed by atoms with van der Waals surface area (Å²) in [6.45, 7) is 9.09. The van der Waals surface area contributed by atoms with Gasteiger partial charge in [0.2, 0.25) is 11.8 Å². The second-order valence-corrected chi connectivity index (χ2v) is 13.7. The molecular formula is C35H41F3N6O6. The van der Waals surface area contributed by atoms with Crippen LogP contribution in [-0.4, -0.2) is 95.1 Å². The number of amides is 2. The number of nitrogens with zero attached hydrogens (tertiary/aromatic N) is 6. The van der Waals surface area contributed by atoms with Crippen LogP contribution >= 0.6 is 0 Å². The van der Waals surface area contributed by atoms with Crippen LogP contribution in [0.15, 0.2) is 42.6 Å². The number of halogens is 3. The maximum absolute atomic E-state index is 14.1. The molecule has 2 saturated heterocycles. The van der Waals surface area contributed by atoms with Crippen LogP contribution in [0.2, 0.25) is 0 Å². The second-order valence-electron chi connectivity index (χ2n) is 13.7. The fourth-order valence-electron chi connectivity index (χ4n) is 6.73. The van der Waals surface area contributed by atoms with Crippen molar-refractivity contribution >= 4 is 17.9 Å². The SMILES string of the molecule is CCOc1ncccc1-c1ccc2c(n1)CN(C(=O)OC1CN(C(=O)OC(C)(C)C)C1)CC21CCN(c2ccc(OC)nc2C(F)(F)F)CC1. The largest absolute Gasteiger partial charge is 0.481 e. The topological polar surface area (TPSA) is 119 Å². The van der Waals surface area contributed by atoms with Gasteiger partial charge in [0.25, 0.3) is 0 Å². The summed E-state index contributed by atoms with van der Waals surface area (Å²) in [4.78, 5) is 44.0. The van der Waals surface area contributed by atoms with Crippen molar-refractivity contribution in [1.82, 2.24) is 24.8 Å². The first kappa shape index (κ1) is 35.0. The lowest BCUT2D eigenvalue weighted by Gasteiger charge is -2.49. The van der Waals surface area contributed by atoms with Gasteiger partial charge in [0.05, 0.1) is 56.0 Å². The number of fused-ring (bicyclic) bond motifs is 2. The zero-order valence-electron chi connectivity index (χ0n) is 28.7. The van der Waals surface area contributed by atoms with Crippen molar-refractivity contribution in [2.24, 2.45) is 0 Å². The average molecular weight is 699 g/mol. The number of aromatic nitrogens is 3. The number of likely N-dealkylation sites (tertiary alicyclic amines) is 1. The lowest BCUT2D eigenvalue weighted by atomic mass is 9.69. The van der Waals surface area contributed by atoms with Crippen molar-refractivity contribution in [2.45, 2.75) is 70.4 Å². The smallest absolute Gasteiger partial charge is 0.435 e. The monoisotopic (exact) mass is 698 g/mol. The molecule has 0 unspecified atom stereocenters. The van der Waals surface area contributed by atoms with Crippen LogP contribution in [-0.2, 0) is 27.6 Å². The van der Waals surface area contributed by atoms with Gasteiger partial charge in [-0.25, -0.2) is 19.6 Å². The van der Waals surface area contributed by atoms with E-state index in [1.54, 1.807) is 42.8 Å². The van der Waals surface area contributed by atoms with Gasteiger partial charge >= 0.3 is 18.4 Å². The second kappa shape index (κ2) is 13.5. The van der Waals surface area contributed by atoms with E-state index in [4.69, 9.17) is 23.9 Å². The predicted molar refractivity (Wildman–Crippen MR) is 176 cm³/mol. The molecule has 3 aliphatic rings. The van der Waals surface area contributed by atoms with Gasteiger partial charge in [0.1, 0.15) is 11.7 Å². The number of anilines is 1. The molecule has 0 radical (unpaired) electrons. The Hall–Kier alpha value is -4.82. The van der Waals surface area contributed by atoms with Gasteiger partial charge in [0, 0.05) is 37.3 Å². The molecule has 0 aromatic carbocycles. The molecule has 0 atom stereocenters. The first-order valence-electron chi connectivity index (χ1n) is 16.6. The average Bonchev–Trinajstić information content (AvgIpc) is 3.05. The van der Waals surface area contributed by atoms with E-state index < -0.39 is 41.2 Å². The Balaban J connectivity index is 1.26. The molecule has 15 heteroatoms. The van der Waals surface area contributed by atoms with Crippen molar-refractivity contribution in [3.8, 4) is 23.0 Å². The number of alkyl halides is 3. The maximum Gasteiger partial charge on any atom is 0.435 e. The molecule has 1 spiro atoms. The molecule has 3 aromatic rings. The van der Waals surface area contributed by atoms with Gasteiger partial charge in [0.15, 0.2) is 5.69 Å². The normalized spacial score (nSPS) is 17.6. The summed E-state index contributed by atoms with van der Waals surface area (Å²) in [6, 6.07) is 10.4. The highest BCUT2D eigenvalue weighted by Crippen LogP contribution is 2.45. The van der Waals surface area contributed by atoms with Crippen molar-refractivity contribution in [1.29, 1.82) is 0 Å². The minimum atomic E-state index is -4.68. The molecule has 12 nitrogen and oxygen atoms in total. The van der Waals surface area contributed by atoms with Gasteiger partial charge < -0.3 is 33.6 Å². The molecular weight excluding hydrogens is 657 g/mol. The standard InChI is InChI=1S/C35H41F3N6O6/c1-6-48-30-23(8-7-15-39-30)25-10-9-24-26(40-25)20-44(31(45)49-22-18-43(19-22)32(46)50-33(2,3)4)21-34(24)13-16-42(17-14-34)27-11-12-28(47-5)41-29(27)35(36,37)38/h7-12,15,22H,6,13-14,16-21H2,1-5H3. The molecule has 3 aliphatic heterocycles. The van der Waals surface area contributed by atoms with E-state index in [0.29, 0.717) is 48.8 Å². The van der Waals surface area contributed by atoms with E-state index in [1.165, 1.54) is 24.1 Å². The maximum atomic E-state index is 14.1. The van der Waals surface area contributed by atoms with E-state index >= 15 is 0 Å². The van der Waals surface area contributed by atoms with E-state index in [2.05, 4.69) is 9.97 Å². The summed E-state index contributed by atoms with van der Waals surface area (Å²) in [5.41, 5.74) is 0.648. The molecule has 6 rings (SSSR count). The number of ether oxygens (including phenoxy) is 4. The van der Waals surface area contributed by atoms with Gasteiger partial charge in [-0.1, -0.05) is 6.07 Å². The van der Waals surface area contributed by atoms with Gasteiger partial charge in [-0.3, -0.25) is 4.98 Å². The fraction of sp³-hybridized carbons (Fsp3) is 0.514. The Morgan fingerprint density at radius 2 is 1.72 bits per heavy atom. The number of carbonyl (C=O) groups is 2. The Bertz CT molecular complexity index is 1730. The molecule has 0 aliphatic carbocycles. The third-order valence-corrected chi connectivity index (χ3v) is 9.12. The lowest BCUT2D eigenvalue weighted by Crippen LogP contribution is -2.58. The summed E-state index contributed by atoms with van der Waals surface area (Å²) in [5.74, 6) is 0.319. The molecule has 0 bridgehead atoms. The van der Waals surface area contributed by atoms with Crippen molar-refractivity contribution < 1.29 is 41.7 Å². The van der Waals surface area contributed by atoms with Crippen LogP contribution in [0.5, 0.6) is 11.8 Å². The van der Waals surface area contributed by atoms with Crippen LogP contribution in [0.25, 0.3) is 11.3 Å². The Morgan fingerprint density at radius 1 is 0.980 bits per heavy atom. The number of methoxy groups -OCH3 is 1. The molecule has 6 heterocycles. The molecule has 2 fully saturated rings. The molecule has 3 aromatic heterocycles. The first-order valence-corrected chi connectivity index (χ1v) is 16.6. The van der Waals surface area contributed by atoms with E-state index in [1.807, 2.05) is 25.1 Å². The van der Waals surface area contributed by atoms with Crippen LogP contribution in [0, 0.1) is 0 Å². The Kier molecular flexibility index (Phi) is 9.44. The van der Waals surface area contributed by atoms with Crippen molar-refractivity contribution in [2.75, 3.05) is 51.3 Å². The molecule has 0 saturated carbocycles. The van der Waals surface area contributed by atoms with Crippen LogP contribution < -0.4 is 14.4 Å². The van der Waals surface area contributed by atoms with Gasteiger partial charge in [-0.05, 0) is 70.4 Å². The van der Waals surface area contributed by atoms with Crippen LogP contribution in [0.3, 0.4) is 0 Å². The van der Waals surface area contributed by atoms with E-state index in [0.717, 1.165) is 5.56 Å². The van der Waals surface area contributed by atoms with E-state index in [9.17, 15) is 22.8 Å².